The van der Waals surface area contributed by atoms with E-state index in [4.69, 9.17) is 4.42 Å². The maximum Gasteiger partial charge on any atom is 0.204 e. The average Bonchev–Trinajstić information content (AvgIpc) is 2.82. The Kier molecular flexibility index (Phi) is 3.84. The van der Waals surface area contributed by atoms with Crippen molar-refractivity contribution in [2.75, 3.05) is 18.8 Å². The van der Waals surface area contributed by atoms with Gasteiger partial charge in [0.1, 0.15) is 5.82 Å². The molecule has 0 unspecified atom stereocenters. The van der Waals surface area contributed by atoms with Gasteiger partial charge in [-0.15, -0.1) is 0 Å². The van der Waals surface area contributed by atoms with Gasteiger partial charge in [0.2, 0.25) is 5.89 Å². The van der Waals surface area contributed by atoms with Gasteiger partial charge >= 0.3 is 0 Å². The van der Waals surface area contributed by atoms with E-state index in [1.165, 1.54) is 12.1 Å². The molecule has 19 heavy (non-hydrogen) atoms. The second-order valence-electron chi connectivity index (χ2n) is 4.66. The van der Waals surface area contributed by atoms with Gasteiger partial charge in [0.15, 0.2) is 5.76 Å². The van der Waals surface area contributed by atoms with Gasteiger partial charge in [0, 0.05) is 5.56 Å². The number of thioether (sulfide) groups is 1. The summed E-state index contributed by atoms with van der Waals surface area (Å²) >= 11 is 1.85. The third-order valence-electron chi connectivity index (χ3n) is 3.13. The quantitative estimate of drug-likeness (QED) is 0.912. The Labute approximate surface area is 115 Å². The molecule has 0 amide bonds. The van der Waals surface area contributed by atoms with Crippen molar-refractivity contribution in [3.8, 4) is 11.3 Å². The summed E-state index contributed by atoms with van der Waals surface area (Å²) in [6.07, 6.45) is 1.70. The third-order valence-corrected chi connectivity index (χ3v) is 4.29. The molecule has 0 spiro atoms. The lowest BCUT2D eigenvalue weighted by molar-refractivity contribution is 0.385. The highest BCUT2D eigenvalue weighted by molar-refractivity contribution is 7.98. The molecule has 0 bridgehead atoms. The summed E-state index contributed by atoms with van der Waals surface area (Å²) in [4.78, 5) is 4.26. The normalized spacial score (nSPS) is 15.4. The van der Waals surface area contributed by atoms with Crippen molar-refractivity contribution in [1.29, 1.82) is 0 Å². The highest BCUT2D eigenvalue weighted by Gasteiger charge is 2.16. The van der Waals surface area contributed by atoms with Crippen molar-refractivity contribution in [2.45, 2.75) is 5.75 Å². The van der Waals surface area contributed by atoms with Crippen LogP contribution in [0.4, 0.5) is 4.39 Å². The number of rotatable bonds is 5. The summed E-state index contributed by atoms with van der Waals surface area (Å²) in [6.45, 7) is 2.25. The second-order valence-corrected chi connectivity index (χ2v) is 5.69. The lowest BCUT2D eigenvalue weighted by Gasteiger charge is -2.26. The lowest BCUT2D eigenvalue weighted by atomic mass is 10.1. The summed E-state index contributed by atoms with van der Waals surface area (Å²) in [7, 11) is 0. The molecule has 3 rings (SSSR count). The Morgan fingerprint density at radius 3 is 2.79 bits per heavy atom. The van der Waals surface area contributed by atoms with Crippen molar-refractivity contribution < 1.29 is 8.81 Å². The Bertz CT molecular complexity index is 537. The van der Waals surface area contributed by atoms with E-state index < -0.39 is 0 Å². The van der Waals surface area contributed by atoms with Crippen molar-refractivity contribution in [1.82, 2.24) is 10.3 Å². The Hall–Kier alpha value is -1.33. The van der Waals surface area contributed by atoms with Crippen LogP contribution in [0.3, 0.4) is 0 Å². The summed E-state index contributed by atoms with van der Waals surface area (Å²) in [5, 5.41) is 3.26. The van der Waals surface area contributed by atoms with E-state index in [9.17, 15) is 4.39 Å². The zero-order valence-corrected chi connectivity index (χ0v) is 11.3. The van der Waals surface area contributed by atoms with E-state index in [1.54, 1.807) is 18.3 Å². The molecule has 1 aliphatic rings. The van der Waals surface area contributed by atoms with Crippen molar-refractivity contribution in [3.05, 3.63) is 42.2 Å². The van der Waals surface area contributed by atoms with Crippen LogP contribution in [-0.2, 0) is 5.75 Å². The Morgan fingerprint density at radius 2 is 2.11 bits per heavy atom. The molecule has 5 heteroatoms. The highest BCUT2D eigenvalue weighted by atomic mass is 32.2. The van der Waals surface area contributed by atoms with E-state index in [0.717, 1.165) is 42.0 Å². The SMILES string of the molecule is Fc1ccc(-c2cnc(CSCC3CNC3)o2)cc1. The van der Waals surface area contributed by atoms with Crippen LogP contribution in [-0.4, -0.2) is 23.8 Å². The predicted octanol–water partition coefficient (Wildman–Crippen LogP) is 2.93. The number of aromatic nitrogens is 1. The molecule has 0 atom stereocenters. The summed E-state index contributed by atoms with van der Waals surface area (Å²) in [5.41, 5.74) is 0.855. The fraction of sp³-hybridized carbons (Fsp3) is 0.357. The monoisotopic (exact) mass is 278 g/mol. The van der Waals surface area contributed by atoms with Crippen LogP contribution in [0.2, 0.25) is 0 Å². The minimum atomic E-state index is -0.242. The van der Waals surface area contributed by atoms with Crippen molar-refractivity contribution in [2.24, 2.45) is 5.92 Å². The topological polar surface area (TPSA) is 38.1 Å². The molecule has 3 nitrogen and oxygen atoms in total. The zero-order valence-electron chi connectivity index (χ0n) is 10.4. The standard InChI is InChI=1S/C14H15FN2OS/c15-12-3-1-11(2-4-12)13-7-17-14(18-13)9-19-8-10-5-16-6-10/h1-4,7,10,16H,5-6,8-9H2. The molecule has 1 N–H and O–H groups in total. The molecule has 1 aliphatic heterocycles. The molecule has 1 aromatic carbocycles. The molecule has 1 fully saturated rings. The molecule has 1 aromatic heterocycles. The first kappa shape index (κ1) is 12.7. The molecule has 0 radical (unpaired) electrons. The largest absolute Gasteiger partial charge is 0.440 e. The van der Waals surface area contributed by atoms with Gasteiger partial charge in [0.25, 0.3) is 0 Å². The number of nitrogens with zero attached hydrogens (tertiary/aromatic N) is 1. The Morgan fingerprint density at radius 1 is 1.32 bits per heavy atom. The van der Waals surface area contributed by atoms with Gasteiger partial charge in [-0.2, -0.15) is 11.8 Å². The number of benzene rings is 1. The fourth-order valence-corrected chi connectivity index (χ4v) is 2.90. The van der Waals surface area contributed by atoms with Crippen molar-refractivity contribution >= 4 is 11.8 Å². The summed E-state index contributed by atoms with van der Waals surface area (Å²) in [5.74, 6) is 3.90. The molecule has 0 saturated carbocycles. The van der Waals surface area contributed by atoms with Crippen LogP contribution in [0.15, 0.2) is 34.9 Å². The zero-order chi connectivity index (χ0) is 13.1. The first-order chi connectivity index (χ1) is 9.31. The maximum absolute atomic E-state index is 12.8. The van der Waals surface area contributed by atoms with E-state index in [1.807, 2.05) is 11.8 Å². The average molecular weight is 278 g/mol. The smallest absolute Gasteiger partial charge is 0.204 e. The number of hydrogen-bond donors (Lipinski definition) is 1. The van der Waals surface area contributed by atoms with Crippen molar-refractivity contribution in [3.63, 3.8) is 0 Å². The van der Waals surface area contributed by atoms with Gasteiger partial charge in [-0.1, -0.05) is 0 Å². The van der Waals surface area contributed by atoms with Crippen LogP contribution in [0.1, 0.15) is 5.89 Å². The number of hydrogen-bond acceptors (Lipinski definition) is 4. The fourth-order valence-electron chi connectivity index (χ4n) is 1.90. The maximum atomic E-state index is 12.8. The molecule has 0 aliphatic carbocycles. The van der Waals surface area contributed by atoms with Crippen LogP contribution < -0.4 is 5.32 Å². The molecule has 100 valence electrons. The number of halogens is 1. The van der Waals surface area contributed by atoms with Crippen LogP contribution in [0.5, 0.6) is 0 Å². The molecular weight excluding hydrogens is 263 g/mol. The summed E-state index contributed by atoms with van der Waals surface area (Å²) < 4.78 is 18.5. The molecule has 2 aromatic rings. The summed E-state index contributed by atoms with van der Waals surface area (Å²) in [6, 6.07) is 6.26. The number of nitrogens with one attached hydrogen (secondary N) is 1. The van der Waals surface area contributed by atoms with Gasteiger partial charge in [-0.3, -0.25) is 0 Å². The second kappa shape index (κ2) is 5.75. The Balaban J connectivity index is 1.57. The van der Waals surface area contributed by atoms with Gasteiger partial charge in [-0.05, 0) is 49.0 Å². The van der Waals surface area contributed by atoms with Gasteiger partial charge in [-0.25, -0.2) is 9.37 Å². The first-order valence-corrected chi connectivity index (χ1v) is 7.46. The molecular formula is C14H15FN2OS. The van der Waals surface area contributed by atoms with Crippen LogP contribution >= 0.6 is 11.8 Å². The highest BCUT2D eigenvalue weighted by Crippen LogP contribution is 2.23. The lowest BCUT2D eigenvalue weighted by Crippen LogP contribution is -2.43. The minimum absolute atomic E-state index is 0.242. The van der Waals surface area contributed by atoms with Crippen LogP contribution in [0.25, 0.3) is 11.3 Å². The van der Waals surface area contributed by atoms with E-state index in [2.05, 4.69) is 10.3 Å². The van der Waals surface area contributed by atoms with Crippen LogP contribution in [0, 0.1) is 11.7 Å². The van der Waals surface area contributed by atoms with Gasteiger partial charge < -0.3 is 9.73 Å². The van der Waals surface area contributed by atoms with E-state index in [0.29, 0.717) is 5.76 Å². The van der Waals surface area contributed by atoms with Gasteiger partial charge in [0.05, 0.1) is 11.9 Å². The van der Waals surface area contributed by atoms with E-state index in [-0.39, 0.29) is 5.82 Å². The number of oxazole rings is 1. The molecule has 2 heterocycles. The van der Waals surface area contributed by atoms with E-state index >= 15 is 0 Å². The third kappa shape index (κ3) is 3.16. The predicted molar refractivity (Wildman–Crippen MR) is 74.4 cm³/mol. The first-order valence-electron chi connectivity index (χ1n) is 6.30. The minimum Gasteiger partial charge on any atom is -0.440 e. The molecule has 1 saturated heterocycles.